The van der Waals surface area contributed by atoms with Gasteiger partial charge in [-0.05, 0) is 87.1 Å². The second-order valence-corrected chi connectivity index (χ2v) is 21.9. The molecule has 0 spiro atoms. The average Bonchev–Trinajstić information content (AvgIpc) is 3.82. The first kappa shape index (κ1) is 51.2. The number of carbonyl (C=O) groups excluding carboxylic acids is 1. The van der Waals surface area contributed by atoms with Gasteiger partial charge in [0.05, 0.1) is 35.3 Å². The Morgan fingerprint density at radius 2 is 1.71 bits per heavy atom. The summed E-state index contributed by atoms with van der Waals surface area (Å²) >= 11 is 6.27. The predicted molar refractivity (Wildman–Crippen MR) is 282 cm³/mol. The number of halogens is 1. The number of nitrogens with zero attached hydrogens (tertiary/aromatic N) is 10. The van der Waals surface area contributed by atoms with Gasteiger partial charge in [-0.1, -0.05) is 52.3 Å². The summed E-state index contributed by atoms with van der Waals surface area (Å²) in [4.78, 5) is 37.8. The van der Waals surface area contributed by atoms with Gasteiger partial charge in [-0.25, -0.2) is 15.0 Å². The third kappa shape index (κ3) is 11.4. The van der Waals surface area contributed by atoms with Crippen molar-refractivity contribution >= 4 is 40.5 Å². The van der Waals surface area contributed by atoms with Gasteiger partial charge in [-0.3, -0.25) is 4.79 Å². The highest BCUT2D eigenvalue weighted by atomic mass is 35.5. The van der Waals surface area contributed by atoms with Gasteiger partial charge in [0.25, 0.3) is 5.91 Å². The Morgan fingerprint density at radius 3 is 2.40 bits per heavy atom. The molecule has 1 amide bonds. The van der Waals surface area contributed by atoms with E-state index in [4.69, 9.17) is 26.1 Å². The Morgan fingerprint density at radius 1 is 0.917 bits per heavy atom. The fourth-order valence-electron chi connectivity index (χ4n) is 12.0. The minimum Gasteiger partial charge on any atom is -0.489 e. The number of pyridine rings is 2. The lowest BCUT2D eigenvalue weighted by atomic mass is 9.49. The number of nitriles is 1. The largest absolute Gasteiger partial charge is 0.489 e. The summed E-state index contributed by atoms with van der Waals surface area (Å²) in [6.45, 7) is 21.3. The number of aliphatic hydroxyl groups excluding tert-OH is 1. The van der Waals surface area contributed by atoms with Crippen LogP contribution in [0.3, 0.4) is 0 Å². The molecule has 1 aliphatic carbocycles. The van der Waals surface area contributed by atoms with E-state index < -0.39 is 0 Å². The van der Waals surface area contributed by atoms with E-state index in [1.165, 1.54) is 6.42 Å². The molecule has 17 heteroatoms. The van der Waals surface area contributed by atoms with Crippen molar-refractivity contribution in [2.24, 2.45) is 16.7 Å². The molecule has 5 aromatic rings. The smallest absolute Gasteiger partial charge is 0.270 e. The van der Waals surface area contributed by atoms with Crippen molar-refractivity contribution in [1.82, 2.24) is 39.7 Å². The maximum Gasteiger partial charge on any atom is 0.270 e. The molecule has 3 aliphatic heterocycles. The molecular formula is C55H73ClN12O4. The SMILES string of the molecule is CCc1cnn2c(NCc3ccc(OCCCN4CCN(CC5CCN(c6ccc(C(=O)NC7C(C)(C)C(Oc8ccc(C#N)c(Cl)c8)C7(C)C)nc6)CC5)CC4)nc3)cc(N3CCCC[C@@H]3CCO)nc12. The minimum atomic E-state index is -0.357. The van der Waals surface area contributed by atoms with Crippen LogP contribution in [0, 0.1) is 28.1 Å². The number of ether oxygens (including phenoxy) is 2. The first-order chi connectivity index (χ1) is 34.8. The molecule has 4 aliphatic rings. The number of hydrogen-bond donors (Lipinski definition) is 3. The van der Waals surface area contributed by atoms with Crippen LogP contribution in [0.5, 0.6) is 11.6 Å². The highest BCUT2D eigenvalue weighted by Gasteiger charge is 2.64. The number of aliphatic hydroxyl groups is 1. The molecule has 1 aromatic carbocycles. The number of piperidine rings is 2. The molecule has 72 heavy (non-hydrogen) atoms. The van der Waals surface area contributed by atoms with Crippen molar-refractivity contribution in [3.63, 3.8) is 0 Å². The number of nitrogens with one attached hydrogen (secondary N) is 2. The number of carbonyl (C=O) groups is 1. The topological polar surface area (TPSA) is 173 Å². The lowest BCUT2D eigenvalue weighted by Gasteiger charge is -2.63. The second kappa shape index (κ2) is 22.6. The van der Waals surface area contributed by atoms with Crippen LogP contribution in [0.2, 0.25) is 5.02 Å². The van der Waals surface area contributed by atoms with Gasteiger partial charge in [-0.15, -0.1) is 0 Å². The average molecular weight is 1000 g/mol. The van der Waals surface area contributed by atoms with Gasteiger partial charge < -0.3 is 44.8 Å². The Balaban J connectivity index is 0.658. The third-order valence-corrected chi connectivity index (χ3v) is 16.1. The first-order valence-corrected chi connectivity index (χ1v) is 26.6. The zero-order valence-electron chi connectivity index (χ0n) is 42.8. The molecule has 0 radical (unpaired) electrons. The van der Waals surface area contributed by atoms with E-state index in [9.17, 15) is 15.2 Å². The lowest BCUT2D eigenvalue weighted by molar-refractivity contribution is -0.164. The molecule has 9 rings (SSSR count). The summed E-state index contributed by atoms with van der Waals surface area (Å²) < 4.78 is 14.4. The Bertz CT molecular complexity index is 2640. The molecule has 0 bridgehead atoms. The van der Waals surface area contributed by atoms with Gasteiger partial charge in [-0.2, -0.15) is 14.9 Å². The lowest BCUT2D eigenvalue weighted by Crippen LogP contribution is -2.74. The highest BCUT2D eigenvalue weighted by molar-refractivity contribution is 6.31. The number of piperazine rings is 1. The van der Waals surface area contributed by atoms with Crippen LogP contribution in [0.25, 0.3) is 5.65 Å². The van der Waals surface area contributed by atoms with E-state index >= 15 is 0 Å². The van der Waals surface area contributed by atoms with Crippen LogP contribution >= 0.6 is 11.6 Å². The number of anilines is 3. The maximum absolute atomic E-state index is 13.5. The van der Waals surface area contributed by atoms with Crippen LogP contribution in [0.1, 0.15) is 107 Å². The molecule has 3 N–H and O–H groups in total. The number of rotatable bonds is 19. The van der Waals surface area contributed by atoms with E-state index in [1.54, 1.807) is 18.2 Å². The number of benzene rings is 1. The van der Waals surface area contributed by atoms with Crippen molar-refractivity contribution in [1.29, 1.82) is 5.26 Å². The molecule has 4 aromatic heterocycles. The molecule has 16 nitrogen and oxygen atoms in total. The van der Waals surface area contributed by atoms with E-state index in [2.05, 4.69) is 98.1 Å². The summed E-state index contributed by atoms with van der Waals surface area (Å²) in [7, 11) is 0. The van der Waals surface area contributed by atoms with Gasteiger partial charge in [0.15, 0.2) is 5.65 Å². The summed E-state index contributed by atoms with van der Waals surface area (Å²) in [5, 5.41) is 30.9. The van der Waals surface area contributed by atoms with Crippen molar-refractivity contribution in [2.45, 2.75) is 111 Å². The van der Waals surface area contributed by atoms with Crippen LogP contribution in [-0.4, -0.2) is 136 Å². The van der Waals surface area contributed by atoms with Crippen LogP contribution in [-0.2, 0) is 13.0 Å². The fraction of sp³-hybridized carbons (Fsp3) is 0.564. The van der Waals surface area contributed by atoms with E-state index in [0.29, 0.717) is 53.0 Å². The van der Waals surface area contributed by atoms with Crippen molar-refractivity contribution in [3.8, 4) is 17.7 Å². The molecule has 1 saturated carbocycles. The molecule has 1 atom stereocenters. The molecule has 7 heterocycles. The predicted octanol–water partition coefficient (Wildman–Crippen LogP) is 7.88. The number of aryl methyl sites for hydroxylation is 1. The van der Waals surface area contributed by atoms with Gasteiger partial charge in [0.1, 0.15) is 35.3 Å². The normalized spacial score (nSPS) is 21.5. The zero-order valence-corrected chi connectivity index (χ0v) is 43.6. The summed E-state index contributed by atoms with van der Waals surface area (Å²) in [5.74, 6) is 3.56. The quantitative estimate of drug-likeness (QED) is 0.0683. The van der Waals surface area contributed by atoms with Crippen LogP contribution in [0.4, 0.5) is 17.3 Å². The second-order valence-electron chi connectivity index (χ2n) is 21.4. The number of amides is 1. The molecule has 384 valence electrons. The molecular weight excluding hydrogens is 928 g/mol. The summed E-state index contributed by atoms with van der Waals surface area (Å²) in [5.41, 5.74) is 4.20. The maximum atomic E-state index is 13.5. The summed E-state index contributed by atoms with van der Waals surface area (Å²) in [6.07, 6.45) is 13.7. The highest BCUT2D eigenvalue weighted by Crippen LogP contribution is 2.55. The molecule has 3 saturated heterocycles. The third-order valence-electron chi connectivity index (χ3n) is 15.8. The molecule has 0 unspecified atom stereocenters. The van der Waals surface area contributed by atoms with Gasteiger partial charge in [0.2, 0.25) is 5.88 Å². The van der Waals surface area contributed by atoms with E-state index in [-0.39, 0.29) is 35.5 Å². The standard InChI is InChI=1S/C55H73ClN12O4/c1-6-40-35-61-68-47(31-48(62-50(40)68)67-21-8-7-10-42(67)19-28-69)59-33-39-11-16-49(60-34-39)71-29-9-20-64-24-26-65(27-25-64)37-38-17-22-66(23-18-38)43-13-15-46(58-36-43)51(70)63-52-54(2,3)53(55(52,4)5)72-44-14-12-41(32-57)45(56)30-44/h11-16,30-31,34-36,38,42,52-53,59,69H,6-10,17-29,33,37H2,1-5H3,(H,63,70)/t42-,52?,53?/m1/s1. The van der Waals surface area contributed by atoms with Crippen LogP contribution in [0.15, 0.2) is 67.1 Å². The van der Waals surface area contributed by atoms with Gasteiger partial charge in [0, 0.05) is 125 Å². The molecule has 4 fully saturated rings. The number of aromatic nitrogens is 5. The Labute approximate surface area is 430 Å². The van der Waals surface area contributed by atoms with E-state index in [0.717, 1.165) is 138 Å². The zero-order chi connectivity index (χ0) is 50.4. The minimum absolute atomic E-state index is 0.139. The first-order valence-electron chi connectivity index (χ1n) is 26.2. The van der Waals surface area contributed by atoms with Gasteiger partial charge >= 0.3 is 0 Å². The number of fused-ring (bicyclic) bond motifs is 1. The van der Waals surface area contributed by atoms with Crippen LogP contribution < -0.4 is 29.9 Å². The van der Waals surface area contributed by atoms with Crippen molar-refractivity contribution in [3.05, 3.63) is 94.5 Å². The summed E-state index contributed by atoms with van der Waals surface area (Å²) in [6, 6.07) is 17.3. The Hall–Kier alpha value is -5.73. The number of hydrogen-bond acceptors (Lipinski definition) is 14. The fourth-order valence-corrected chi connectivity index (χ4v) is 12.2. The van der Waals surface area contributed by atoms with Crippen molar-refractivity contribution in [2.75, 3.05) is 87.2 Å². The van der Waals surface area contributed by atoms with E-state index in [1.807, 2.05) is 41.3 Å². The monoisotopic (exact) mass is 1000 g/mol. The van der Waals surface area contributed by atoms with Crippen molar-refractivity contribution < 1.29 is 19.4 Å². The Kier molecular flexibility index (Phi) is 16.1.